The standard InChI is InChI=1S/C14H23NO/c1-11-7-5-6-8-13(11)12(2)15-9-14(3,4)10-16/h5-8,12,15-16H,9-10H2,1-4H3. The Hall–Kier alpha value is -0.860. The van der Waals surface area contributed by atoms with Crippen LogP contribution in [0.25, 0.3) is 0 Å². The van der Waals surface area contributed by atoms with Crippen molar-refractivity contribution in [3.8, 4) is 0 Å². The molecular weight excluding hydrogens is 198 g/mol. The lowest BCUT2D eigenvalue weighted by Crippen LogP contribution is -2.33. The van der Waals surface area contributed by atoms with Crippen LogP contribution in [0.3, 0.4) is 0 Å². The monoisotopic (exact) mass is 221 g/mol. The van der Waals surface area contributed by atoms with Crippen molar-refractivity contribution >= 4 is 0 Å². The maximum atomic E-state index is 9.19. The lowest BCUT2D eigenvalue weighted by Gasteiger charge is -2.25. The first-order valence-electron chi connectivity index (χ1n) is 5.86. The van der Waals surface area contributed by atoms with E-state index in [2.05, 4.69) is 57.3 Å². The van der Waals surface area contributed by atoms with Gasteiger partial charge >= 0.3 is 0 Å². The number of aryl methyl sites for hydroxylation is 1. The minimum absolute atomic E-state index is 0.0586. The van der Waals surface area contributed by atoms with Crippen molar-refractivity contribution in [1.29, 1.82) is 0 Å². The first kappa shape index (κ1) is 13.2. The smallest absolute Gasteiger partial charge is 0.0494 e. The van der Waals surface area contributed by atoms with Crippen molar-refractivity contribution in [2.45, 2.75) is 33.7 Å². The van der Waals surface area contributed by atoms with Crippen molar-refractivity contribution in [2.75, 3.05) is 13.2 Å². The Morgan fingerprint density at radius 1 is 1.31 bits per heavy atom. The van der Waals surface area contributed by atoms with Gasteiger partial charge in [0.25, 0.3) is 0 Å². The first-order chi connectivity index (χ1) is 7.46. The molecule has 2 N–H and O–H groups in total. The highest BCUT2D eigenvalue weighted by Crippen LogP contribution is 2.19. The fourth-order valence-corrected chi connectivity index (χ4v) is 1.67. The molecule has 0 radical (unpaired) electrons. The fourth-order valence-electron chi connectivity index (χ4n) is 1.67. The summed E-state index contributed by atoms with van der Waals surface area (Å²) in [5.41, 5.74) is 2.58. The molecule has 1 atom stereocenters. The zero-order valence-electron chi connectivity index (χ0n) is 10.7. The molecule has 1 rings (SSSR count). The van der Waals surface area contributed by atoms with E-state index in [1.807, 2.05) is 0 Å². The van der Waals surface area contributed by atoms with Gasteiger partial charge in [0.05, 0.1) is 0 Å². The average molecular weight is 221 g/mol. The summed E-state index contributed by atoms with van der Waals surface area (Å²) in [6.45, 7) is 9.44. The van der Waals surface area contributed by atoms with E-state index in [1.165, 1.54) is 11.1 Å². The molecule has 0 aliphatic carbocycles. The van der Waals surface area contributed by atoms with Gasteiger partial charge in [-0.25, -0.2) is 0 Å². The van der Waals surface area contributed by atoms with E-state index in [-0.39, 0.29) is 12.0 Å². The average Bonchev–Trinajstić information content (AvgIpc) is 2.27. The summed E-state index contributed by atoms with van der Waals surface area (Å²) in [5, 5.41) is 12.7. The van der Waals surface area contributed by atoms with E-state index in [0.29, 0.717) is 6.04 Å². The maximum Gasteiger partial charge on any atom is 0.0494 e. The van der Waals surface area contributed by atoms with Gasteiger partial charge in [0, 0.05) is 24.6 Å². The number of aliphatic hydroxyl groups is 1. The molecule has 16 heavy (non-hydrogen) atoms. The van der Waals surface area contributed by atoms with E-state index in [0.717, 1.165) is 6.54 Å². The van der Waals surface area contributed by atoms with Gasteiger partial charge in [-0.15, -0.1) is 0 Å². The molecule has 1 unspecified atom stereocenters. The number of hydrogen-bond donors (Lipinski definition) is 2. The molecule has 1 aromatic rings. The highest BCUT2D eigenvalue weighted by Gasteiger charge is 2.17. The van der Waals surface area contributed by atoms with Crippen molar-refractivity contribution < 1.29 is 5.11 Å². The Balaban J connectivity index is 2.60. The summed E-state index contributed by atoms with van der Waals surface area (Å²) >= 11 is 0. The molecule has 2 heteroatoms. The van der Waals surface area contributed by atoms with Gasteiger partial charge < -0.3 is 10.4 Å². The molecule has 0 fully saturated rings. The lowest BCUT2D eigenvalue weighted by atomic mass is 9.93. The quantitative estimate of drug-likeness (QED) is 0.801. The normalized spacial score (nSPS) is 13.8. The predicted octanol–water partition coefficient (Wildman–Crippen LogP) is 2.66. The van der Waals surface area contributed by atoms with Crippen LogP contribution in [0.4, 0.5) is 0 Å². The first-order valence-corrected chi connectivity index (χ1v) is 5.86. The predicted molar refractivity (Wildman–Crippen MR) is 68.5 cm³/mol. The highest BCUT2D eigenvalue weighted by molar-refractivity contribution is 5.28. The van der Waals surface area contributed by atoms with Gasteiger partial charge in [-0.05, 0) is 25.0 Å². The Kier molecular flexibility index (Phi) is 4.51. The van der Waals surface area contributed by atoms with Crippen LogP contribution in [0.1, 0.15) is 37.9 Å². The molecule has 0 aliphatic heterocycles. The summed E-state index contributed by atoms with van der Waals surface area (Å²) in [4.78, 5) is 0. The Morgan fingerprint density at radius 2 is 1.94 bits per heavy atom. The van der Waals surface area contributed by atoms with Gasteiger partial charge in [0.2, 0.25) is 0 Å². The zero-order chi connectivity index (χ0) is 12.2. The van der Waals surface area contributed by atoms with Gasteiger partial charge in [0.15, 0.2) is 0 Å². The molecule has 0 aliphatic rings. The highest BCUT2D eigenvalue weighted by atomic mass is 16.3. The number of aliphatic hydroxyl groups excluding tert-OH is 1. The Labute approximate surface area is 98.7 Å². The van der Waals surface area contributed by atoms with Crippen LogP contribution < -0.4 is 5.32 Å². The number of nitrogens with one attached hydrogen (secondary N) is 1. The summed E-state index contributed by atoms with van der Waals surface area (Å²) in [6.07, 6.45) is 0. The third-order valence-electron chi connectivity index (χ3n) is 2.97. The summed E-state index contributed by atoms with van der Waals surface area (Å²) in [7, 11) is 0. The molecule has 0 aromatic heterocycles. The van der Waals surface area contributed by atoms with Gasteiger partial charge in [-0.1, -0.05) is 38.1 Å². The topological polar surface area (TPSA) is 32.3 Å². The van der Waals surface area contributed by atoms with Gasteiger partial charge in [-0.3, -0.25) is 0 Å². The molecule has 0 heterocycles. The van der Waals surface area contributed by atoms with Crippen molar-refractivity contribution in [3.63, 3.8) is 0 Å². The van der Waals surface area contributed by atoms with E-state index in [9.17, 15) is 5.11 Å². The van der Waals surface area contributed by atoms with Crippen LogP contribution in [-0.2, 0) is 0 Å². The minimum Gasteiger partial charge on any atom is -0.396 e. The SMILES string of the molecule is Cc1ccccc1C(C)NCC(C)(C)CO. The lowest BCUT2D eigenvalue weighted by molar-refractivity contribution is 0.154. The van der Waals surface area contributed by atoms with Crippen molar-refractivity contribution in [3.05, 3.63) is 35.4 Å². The van der Waals surface area contributed by atoms with E-state index in [1.54, 1.807) is 0 Å². The molecule has 1 aromatic carbocycles. The van der Waals surface area contributed by atoms with Crippen molar-refractivity contribution in [2.24, 2.45) is 5.41 Å². The van der Waals surface area contributed by atoms with E-state index < -0.39 is 0 Å². The molecule has 0 amide bonds. The molecule has 0 bridgehead atoms. The second-order valence-corrected chi connectivity index (χ2v) is 5.28. The Morgan fingerprint density at radius 3 is 2.50 bits per heavy atom. The van der Waals surface area contributed by atoms with E-state index >= 15 is 0 Å². The van der Waals surface area contributed by atoms with Gasteiger partial charge in [0.1, 0.15) is 0 Å². The molecular formula is C14H23NO. The second kappa shape index (κ2) is 5.46. The summed E-state index contributed by atoms with van der Waals surface area (Å²) in [5.74, 6) is 0. The van der Waals surface area contributed by atoms with Crippen molar-refractivity contribution in [1.82, 2.24) is 5.32 Å². The number of rotatable bonds is 5. The van der Waals surface area contributed by atoms with E-state index in [4.69, 9.17) is 0 Å². The van der Waals surface area contributed by atoms with Crippen LogP contribution in [0, 0.1) is 12.3 Å². The maximum absolute atomic E-state index is 9.19. The van der Waals surface area contributed by atoms with Crippen LogP contribution in [-0.4, -0.2) is 18.3 Å². The third-order valence-corrected chi connectivity index (χ3v) is 2.97. The molecule has 2 nitrogen and oxygen atoms in total. The molecule has 0 saturated heterocycles. The summed E-state index contributed by atoms with van der Waals surface area (Å²) < 4.78 is 0. The molecule has 0 spiro atoms. The minimum atomic E-state index is -0.0586. The van der Waals surface area contributed by atoms with Gasteiger partial charge in [-0.2, -0.15) is 0 Å². The third kappa shape index (κ3) is 3.62. The van der Waals surface area contributed by atoms with Crippen LogP contribution in [0.5, 0.6) is 0 Å². The number of benzene rings is 1. The molecule has 90 valence electrons. The zero-order valence-corrected chi connectivity index (χ0v) is 10.7. The molecule has 0 saturated carbocycles. The van der Waals surface area contributed by atoms with Crippen LogP contribution in [0.2, 0.25) is 0 Å². The van der Waals surface area contributed by atoms with Crippen LogP contribution >= 0.6 is 0 Å². The van der Waals surface area contributed by atoms with Crippen LogP contribution in [0.15, 0.2) is 24.3 Å². The fraction of sp³-hybridized carbons (Fsp3) is 0.571. The second-order valence-electron chi connectivity index (χ2n) is 5.28. The Bertz CT molecular complexity index is 333. The largest absolute Gasteiger partial charge is 0.396 e. The summed E-state index contributed by atoms with van der Waals surface area (Å²) in [6, 6.07) is 8.73. The number of hydrogen-bond acceptors (Lipinski definition) is 2.